The van der Waals surface area contributed by atoms with Gasteiger partial charge in [0.15, 0.2) is 5.65 Å². The number of pyridine rings is 1. The van der Waals surface area contributed by atoms with E-state index in [1.165, 1.54) is 17.8 Å². The number of anilines is 2. The van der Waals surface area contributed by atoms with Crippen LogP contribution in [0.2, 0.25) is 0 Å². The minimum Gasteiger partial charge on any atom is -0.462 e. The molecule has 0 spiro atoms. The van der Waals surface area contributed by atoms with E-state index in [4.69, 9.17) is 4.74 Å². The van der Waals surface area contributed by atoms with E-state index in [2.05, 4.69) is 10.3 Å². The second-order valence-corrected chi connectivity index (χ2v) is 5.69. The van der Waals surface area contributed by atoms with E-state index < -0.39 is 17.2 Å². The van der Waals surface area contributed by atoms with Crippen LogP contribution in [0.1, 0.15) is 17.3 Å². The van der Waals surface area contributed by atoms with Gasteiger partial charge in [0.1, 0.15) is 5.39 Å². The van der Waals surface area contributed by atoms with E-state index in [0.717, 1.165) is 4.57 Å². The first kappa shape index (κ1) is 17.4. The van der Waals surface area contributed by atoms with Crippen LogP contribution in [-0.2, 0) is 18.8 Å². The number of carbonyl (C=O) groups is 1. The van der Waals surface area contributed by atoms with Gasteiger partial charge in [-0.25, -0.2) is 14.6 Å². The van der Waals surface area contributed by atoms with E-state index in [1.807, 2.05) is 0 Å². The molecule has 0 aliphatic carbocycles. The zero-order chi connectivity index (χ0) is 18.8. The fourth-order valence-electron chi connectivity index (χ4n) is 2.65. The lowest BCUT2D eigenvalue weighted by molar-refractivity contribution is 0.0526. The van der Waals surface area contributed by atoms with E-state index in [9.17, 15) is 14.4 Å². The van der Waals surface area contributed by atoms with Gasteiger partial charge in [0, 0.05) is 26.0 Å². The van der Waals surface area contributed by atoms with Gasteiger partial charge in [0.25, 0.3) is 5.56 Å². The van der Waals surface area contributed by atoms with Crippen LogP contribution in [0.15, 0.2) is 46.1 Å². The maximum atomic E-state index is 12.5. The number of hydrogen-bond acceptors (Lipinski definition) is 6. The molecule has 0 aliphatic rings. The van der Waals surface area contributed by atoms with Crippen molar-refractivity contribution in [2.24, 2.45) is 14.1 Å². The molecule has 8 heteroatoms. The number of carbonyl (C=O) groups excluding carboxylic acids is 1. The number of aryl methyl sites for hydroxylation is 1. The maximum absolute atomic E-state index is 12.5. The van der Waals surface area contributed by atoms with Crippen LogP contribution < -0.4 is 16.6 Å². The number of aromatic nitrogens is 3. The quantitative estimate of drug-likeness (QED) is 0.714. The van der Waals surface area contributed by atoms with Crippen molar-refractivity contribution in [2.75, 3.05) is 11.9 Å². The average Bonchev–Trinajstić information content (AvgIpc) is 2.65. The highest BCUT2D eigenvalue weighted by atomic mass is 16.5. The minimum atomic E-state index is -0.439. The first-order chi connectivity index (χ1) is 12.4. The molecule has 26 heavy (non-hydrogen) atoms. The second-order valence-electron chi connectivity index (χ2n) is 5.69. The molecule has 0 radical (unpaired) electrons. The van der Waals surface area contributed by atoms with E-state index in [0.29, 0.717) is 34.6 Å². The monoisotopic (exact) mass is 354 g/mol. The molecule has 0 amide bonds. The fourth-order valence-corrected chi connectivity index (χ4v) is 2.65. The zero-order valence-electron chi connectivity index (χ0n) is 14.6. The molecule has 2 heterocycles. The fraction of sp³-hybridized carbons (Fsp3) is 0.222. The Morgan fingerprint density at radius 2 is 1.81 bits per heavy atom. The van der Waals surface area contributed by atoms with Gasteiger partial charge in [0.2, 0.25) is 0 Å². The molecular weight excluding hydrogens is 336 g/mol. The maximum Gasteiger partial charge on any atom is 0.338 e. The van der Waals surface area contributed by atoms with Gasteiger partial charge in [0.05, 0.1) is 17.9 Å². The molecule has 0 aliphatic heterocycles. The van der Waals surface area contributed by atoms with Crippen LogP contribution in [-0.4, -0.2) is 26.7 Å². The molecule has 3 aromatic rings. The third-order valence-corrected chi connectivity index (χ3v) is 4.02. The van der Waals surface area contributed by atoms with Crippen molar-refractivity contribution >= 4 is 28.4 Å². The Morgan fingerprint density at radius 1 is 1.12 bits per heavy atom. The number of ether oxygens (including phenoxy) is 1. The van der Waals surface area contributed by atoms with Crippen molar-refractivity contribution in [3.63, 3.8) is 0 Å². The predicted molar refractivity (Wildman–Crippen MR) is 97.9 cm³/mol. The lowest BCUT2D eigenvalue weighted by Gasteiger charge is -2.12. The molecule has 0 unspecified atom stereocenters. The number of benzene rings is 1. The lowest BCUT2D eigenvalue weighted by Crippen LogP contribution is -2.37. The summed E-state index contributed by atoms with van der Waals surface area (Å²) < 4.78 is 7.32. The van der Waals surface area contributed by atoms with Gasteiger partial charge in [-0.15, -0.1) is 0 Å². The molecule has 0 atom stereocenters. The van der Waals surface area contributed by atoms with Crippen molar-refractivity contribution in [1.82, 2.24) is 14.1 Å². The zero-order valence-corrected chi connectivity index (χ0v) is 14.6. The number of fused-ring (bicyclic) bond motifs is 1. The summed E-state index contributed by atoms with van der Waals surface area (Å²) in [5.41, 5.74) is 1.07. The molecule has 134 valence electrons. The highest BCUT2D eigenvalue weighted by molar-refractivity contribution is 5.92. The van der Waals surface area contributed by atoms with Gasteiger partial charge in [-0.3, -0.25) is 13.9 Å². The van der Waals surface area contributed by atoms with Crippen LogP contribution in [0.25, 0.3) is 11.0 Å². The Morgan fingerprint density at radius 3 is 2.46 bits per heavy atom. The normalized spacial score (nSPS) is 10.7. The smallest absolute Gasteiger partial charge is 0.338 e. The van der Waals surface area contributed by atoms with Crippen molar-refractivity contribution in [3.05, 3.63) is 62.9 Å². The molecular formula is C18H18N4O4. The Hall–Kier alpha value is -3.42. The predicted octanol–water partition coefficient (Wildman–Crippen LogP) is 1.55. The Bertz CT molecular complexity index is 1100. The summed E-state index contributed by atoms with van der Waals surface area (Å²) in [6, 6.07) is 8.36. The number of nitrogens with one attached hydrogen (secondary N) is 1. The SMILES string of the molecule is CCOC(=O)c1ccc(Nc2ccnc3c2c(=O)n(C)c(=O)n3C)cc1. The van der Waals surface area contributed by atoms with E-state index >= 15 is 0 Å². The summed E-state index contributed by atoms with van der Waals surface area (Å²) in [7, 11) is 2.99. The molecule has 1 aromatic carbocycles. The minimum absolute atomic E-state index is 0.297. The summed E-state index contributed by atoms with van der Waals surface area (Å²) in [4.78, 5) is 40.5. The van der Waals surface area contributed by atoms with Crippen molar-refractivity contribution in [2.45, 2.75) is 6.92 Å². The second kappa shape index (κ2) is 6.83. The largest absolute Gasteiger partial charge is 0.462 e. The average molecular weight is 354 g/mol. The van der Waals surface area contributed by atoms with Crippen molar-refractivity contribution < 1.29 is 9.53 Å². The summed E-state index contributed by atoms with van der Waals surface area (Å²) in [5, 5.41) is 3.45. The van der Waals surface area contributed by atoms with Crippen LogP contribution in [0.3, 0.4) is 0 Å². The summed E-state index contributed by atoms with van der Waals surface area (Å²) in [5.74, 6) is -0.391. The topological polar surface area (TPSA) is 95.2 Å². The van der Waals surface area contributed by atoms with Gasteiger partial charge in [-0.2, -0.15) is 0 Å². The third-order valence-electron chi connectivity index (χ3n) is 4.02. The lowest BCUT2D eigenvalue weighted by atomic mass is 10.2. The Balaban J connectivity index is 2.03. The number of rotatable bonds is 4. The number of hydrogen-bond donors (Lipinski definition) is 1. The molecule has 0 fully saturated rings. The summed E-state index contributed by atoms with van der Waals surface area (Å²) >= 11 is 0. The van der Waals surface area contributed by atoms with Gasteiger partial charge >= 0.3 is 11.7 Å². The highest BCUT2D eigenvalue weighted by Crippen LogP contribution is 2.22. The van der Waals surface area contributed by atoms with E-state index in [-0.39, 0.29) is 0 Å². The first-order valence-electron chi connectivity index (χ1n) is 8.03. The first-order valence-corrected chi connectivity index (χ1v) is 8.03. The number of nitrogens with zero attached hydrogens (tertiary/aromatic N) is 3. The van der Waals surface area contributed by atoms with Crippen LogP contribution in [0.4, 0.5) is 11.4 Å². The molecule has 0 saturated heterocycles. The molecule has 2 aromatic heterocycles. The Labute approximate surface area is 148 Å². The van der Waals surface area contributed by atoms with Gasteiger partial charge in [-0.05, 0) is 37.3 Å². The summed E-state index contributed by atoms with van der Waals surface area (Å²) in [6.45, 7) is 2.06. The van der Waals surface area contributed by atoms with E-state index in [1.54, 1.807) is 44.3 Å². The molecule has 8 nitrogen and oxygen atoms in total. The van der Waals surface area contributed by atoms with Crippen LogP contribution >= 0.6 is 0 Å². The third kappa shape index (κ3) is 2.97. The highest BCUT2D eigenvalue weighted by Gasteiger charge is 2.14. The van der Waals surface area contributed by atoms with Crippen LogP contribution in [0, 0.1) is 0 Å². The molecule has 1 N–H and O–H groups in total. The molecule has 3 rings (SSSR count). The van der Waals surface area contributed by atoms with Crippen molar-refractivity contribution in [1.29, 1.82) is 0 Å². The van der Waals surface area contributed by atoms with Crippen molar-refractivity contribution in [3.8, 4) is 0 Å². The van der Waals surface area contributed by atoms with Gasteiger partial charge in [-0.1, -0.05) is 0 Å². The summed E-state index contributed by atoms with van der Waals surface area (Å²) in [6.07, 6.45) is 1.52. The van der Waals surface area contributed by atoms with Gasteiger partial charge < -0.3 is 10.1 Å². The van der Waals surface area contributed by atoms with Crippen LogP contribution in [0.5, 0.6) is 0 Å². The number of esters is 1. The Kier molecular flexibility index (Phi) is 4.57. The molecule has 0 bridgehead atoms. The standard InChI is InChI=1S/C18H18N4O4/c1-4-26-17(24)11-5-7-12(8-6-11)20-13-9-10-19-15-14(13)16(23)22(3)18(25)21(15)2/h5-10H,4H2,1-3H3,(H,19,20). The molecule has 0 saturated carbocycles.